The fourth-order valence-corrected chi connectivity index (χ4v) is 7.74. The SMILES string of the molecule is CC/C=C\C/C=C\C/C=C\C/C=C\C/C=C\C/C=C\C/C=C\C/C=C\CCCCCCCCCCC(=O)OCC(COC(=O)CCCCCCC/C=C\CCC)OC(=O)CCCC/C=C\C/C=C\C/C=C\C/C=C\CC. The highest BCUT2D eigenvalue weighted by molar-refractivity contribution is 5.71. The molecule has 0 rings (SSSR count). The molecule has 0 heterocycles. The Bertz CT molecular complexity index is 1720. The van der Waals surface area contributed by atoms with Crippen molar-refractivity contribution in [3.05, 3.63) is 158 Å². The summed E-state index contributed by atoms with van der Waals surface area (Å²) in [6.07, 6.45) is 91.2. The van der Waals surface area contributed by atoms with Crippen LogP contribution >= 0.6 is 0 Å². The average Bonchev–Trinajstić information content (AvgIpc) is 3.42. The maximum Gasteiger partial charge on any atom is 0.306 e. The zero-order chi connectivity index (χ0) is 55.0. The van der Waals surface area contributed by atoms with Crippen molar-refractivity contribution in [2.45, 2.75) is 252 Å². The lowest BCUT2D eigenvalue weighted by molar-refractivity contribution is -0.167. The highest BCUT2D eigenvalue weighted by Gasteiger charge is 2.19. The predicted molar refractivity (Wildman–Crippen MR) is 329 cm³/mol. The van der Waals surface area contributed by atoms with Crippen LogP contribution in [0, 0.1) is 0 Å². The van der Waals surface area contributed by atoms with Gasteiger partial charge in [0.25, 0.3) is 0 Å². The second-order valence-electron chi connectivity index (χ2n) is 19.5. The van der Waals surface area contributed by atoms with Gasteiger partial charge in [-0.15, -0.1) is 0 Å². The molecular weight excluding hydrogens is 937 g/mol. The smallest absolute Gasteiger partial charge is 0.306 e. The largest absolute Gasteiger partial charge is 0.462 e. The van der Waals surface area contributed by atoms with Gasteiger partial charge in [0.15, 0.2) is 6.10 Å². The van der Waals surface area contributed by atoms with Crippen molar-refractivity contribution < 1.29 is 28.6 Å². The van der Waals surface area contributed by atoms with Crippen LogP contribution in [0.2, 0.25) is 0 Å². The third-order valence-electron chi connectivity index (χ3n) is 12.2. The van der Waals surface area contributed by atoms with Crippen molar-refractivity contribution in [3.63, 3.8) is 0 Å². The van der Waals surface area contributed by atoms with Crippen molar-refractivity contribution in [1.29, 1.82) is 0 Å². The van der Waals surface area contributed by atoms with Crippen LogP contribution in [0.4, 0.5) is 0 Å². The first-order chi connectivity index (χ1) is 37.5. The molecule has 0 aromatic heterocycles. The Hall–Kier alpha value is -4.97. The van der Waals surface area contributed by atoms with E-state index in [0.29, 0.717) is 19.3 Å². The number of unbranched alkanes of at least 4 members (excludes halogenated alkanes) is 16. The summed E-state index contributed by atoms with van der Waals surface area (Å²) in [5, 5.41) is 0. The van der Waals surface area contributed by atoms with Gasteiger partial charge < -0.3 is 14.2 Å². The molecule has 0 fully saturated rings. The number of hydrogen-bond acceptors (Lipinski definition) is 6. The molecule has 0 aliphatic heterocycles. The lowest BCUT2D eigenvalue weighted by atomic mass is 10.1. The summed E-state index contributed by atoms with van der Waals surface area (Å²) < 4.78 is 16.8. The molecule has 0 radical (unpaired) electrons. The van der Waals surface area contributed by atoms with Crippen LogP contribution in [0.25, 0.3) is 0 Å². The molecule has 1 atom stereocenters. The predicted octanol–water partition coefficient (Wildman–Crippen LogP) is 20.9. The van der Waals surface area contributed by atoms with Crippen LogP contribution in [0.15, 0.2) is 158 Å². The van der Waals surface area contributed by atoms with Crippen molar-refractivity contribution >= 4 is 17.9 Å². The van der Waals surface area contributed by atoms with Crippen molar-refractivity contribution in [2.24, 2.45) is 0 Å². The first-order valence-electron chi connectivity index (χ1n) is 30.5. The van der Waals surface area contributed by atoms with Gasteiger partial charge in [0.05, 0.1) is 0 Å². The number of allylic oxidation sites excluding steroid dienone is 26. The fraction of sp³-hybridized carbons (Fsp3) is 0.586. The van der Waals surface area contributed by atoms with Gasteiger partial charge in [0, 0.05) is 19.3 Å². The molecule has 0 N–H and O–H groups in total. The monoisotopic (exact) mass is 1050 g/mol. The quantitative estimate of drug-likeness (QED) is 0.0261. The molecule has 6 heteroatoms. The molecule has 0 bridgehead atoms. The minimum atomic E-state index is -0.813. The van der Waals surface area contributed by atoms with Crippen molar-refractivity contribution in [2.75, 3.05) is 13.2 Å². The Morgan fingerprint density at radius 1 is 0.276 bits per heavy atom. The Morgan fingerprint density at radius 3 is 0.842 bits per heavy atom. The van der Waals surface area contributed by atoms with E-state index < -0.39 is 6.10 Å². The highest BCUT2D eigenvalue weighted by atomic mass is 16.6. The van der Waals surface area contributed by atoms with Gasteiger partial charge in [-0.3, -0.25) is 14.4 Å². The maximum atomic E-state index is 12.8. The van der Waals surface area contributed by atoms with E-state index in [-0.39, 0.29) is 37.5 Å². The first kappa shape index (κ1) is 71.0. The third kappa shape index (κ3) is 59.9. The Morgan fingerprint density at radius 2 is 0.513 bits per heavy atom. The molecule has 0 aromatic carbocycles. The highest BCUT2D eigenvalue weighted by Crippen LogP contribution is 2.14. The van der Waals surface area contributed by atoms with Crippen molar-refractivity contribution in [3.8, 4) is 0 Å². The van der Waals surface area contributed by atoms with Crippen LogP contribution in [-0.4, -0.2) is 37.2 Å². The van der Waals surface area contributed by atoms with Gasteiger partial charge in [-0.1, -0.05) is 243 Å². The van der Waals surface area contributed by atoms with E-state index in [1.807, 2.05) is 0 Å². The number of carbonyl (C=O) groups is 3. The number of carbonyl (C=O) groups excluding carboxylic acids is 3. The topological polar surface area (TPSA) is 78.9 Å². The molecule has 1 unspecified atom stereocenters. The lowest BCUT2D eigenvalue weighted by Crippen LogP contribution is -2.30. The summed E-state index contributed by atoms with van der Waals surface area (Å²) >= 11 is 0. The summed E-state index contributed by atoms with van der Waals surface area (Å²) in [6, 6.07) is 0. The van der Waals surface area contributed by atoms with E-state index in [4.69, 9.17) is 14.2 Å². The van der Waals surface area contributed by atoms with Crippen molar-refractivity contribution in [1.82, 2.24) is 0 Å². The fourth-order valence-electron chi connectivity index (χ4n) is 7.74. The van der Waals surface area contributed by atoms with Gasteiger partial charge in [0.1, 0.15) is 13.2 Å². The molecule has 76 heavy (non-hydrogen) atoms. The molecule has 0 saturated heterocycles. The molecule has 0 aliphatic rings. The molecule has 0 saturated carbocycles. The summed E-state index contributed by atoms with van der Waals surface area (Å²) in [7, 11) is 0. The Balaban J connectivity index is 4.27. The minimum Gasteiger partial charge on any atom is -0.462 e. The van der Waals surface area contributed by atoms with E-state index in [1.165, 1.54) is 44.9 Å². The molecule has 0 amide bonds. The second kappa shape index (κ2) is 62.6. The van der Waals surface area contributed by atoms with Gasteiger partial charge in [-0.2, -0.15) is 0 Å². The Kier molecular flexibility index (Phi) is 58.5. The average molecular weight is 1050 g/mol. The third-order valence-corrected chi connectivity index (χ3v) is 12.2. The number of ether oxygens (including phenoxy) is 3. The van der Waals surface area contributed by atoms with Crippen LogP contribution in [-0.2, 0) is 28.6 Å². The maximum absolute atomic E-state index is 12.8. The zero-order valence-corrected chi connectivity index (χ0v) is 48.7. The molecule has 0 aliphatic carbocycles. The molecule has 426 valence electrons. The van der Waals surface area contributed by atoms with E-state index in [1.54, 1.807) is 0 Å². The van der Waals surface area contributed by atoms with Gasteiger partial charge in [0.2, 0.25) is 0 Å². The Labute approximate surface area is 467 Å². The van der Waals surface area contributed by atoms with Crippen LogP contribution in [0.1, 0.15) is 245 Å². The summed E-state index contributed by atoms with van der Waals surface area (Å²) in [5.41, 5.74) is 0. The van der Waals surface area contributed by atoms with Crippen LogP contribution in [0.5, 0.6) is 0 Å². The van der Waals surface area contributed by atoms with Crippen LogP contribution in [0.3, 0.4) is 0 Å². The molecule has 6 nitrogen and oxygen atoms in total. The van der Waals surface area contributed by atoms with Crippen LogP contribution < -0.4 is 0 Å². The van der Waals surface area contributed by atoms with Gasteiger partial charge in [-0.05, 0) is 141 Å². The van der Waals surface area contributed by atoms with E-state index in [0.717, 1.165) is 154 Å². The van der Waals surface area contributed by atoms with E-state index in [9.17, 15) is 14.4 Å². The first-order valence-corrected chi connectivity index (χ1v) is 30.5. The molecular formula is C70H110O6. The minimum absolute atomic E-state index is 0.107. The standard InChI is InChI=1S/C70H110O6/c1-4-7-10-13-16-19-22-24-26-27-28-29-30-31-32-33-34-35-36-37-38-39-40-41-42-43-45-46-48-51-54-57-60-63-69(72)75-66-67(65-74-68(71)62-59-56-53-50-21-18-15-12-9-6-3)76-70(73)64-61-58-55-52-49-47-44-25-23-20-17-14-11-8-5-2/h7-8,10-12,15-17,19-20,24-26,28-29,31-32,34-35,37-38,40-41,44,49,52,67H,4-6,9,13-14,18,21-23,27,30,33,36,39,42-43,45-48,50-51,53-66H2,1-3H3/b10-7-,11-8-,15-12-,19-16-,20-17-,26-24-,29-28-,32-31-,35-34-,38-37-,41-40-,44-25-,52-49-. The second-order valence-corrected chi connectivity index (χ2v) is 19.5. The summed E-state index contributed by atoms with van der Waals surface area (Å²) in [5.74, 6) is -0.976. The zero-order valence-electron chi connectivity index (χ0n) is 48.7. The van der Waals surface area contributed by atoms with Gasteiger partial charge >= 0.3 is 17.9 Å². The number of esters is 3. The molecule has 0 spiro atoms. The number of hydrogen-bond donors (Lipinski definition) is 0. The van der Waals surface area contributed by atoms with E-state index in [2.05, 4.69) is 179 Å². The normalized spacial score (nSPS) is 13.2. The summed E-state index contributed by atoms with van der Waals surface area (Å²) in [4.78, 5) is 38.1. The van der Waals surface area contributed by atoms with Gasteiger partial charge in [-0.25, -0.2) is 0 Å². The summed E-state index contributed by atoms with van der Waals surface area (Å²) in [6.45, 7) is 6.28. The molecule has 0 aromatic rings. The number of rotatable bonds is 53. The van der Waals surface area contributed by atoms with E-state index >= 15 is 0 Å². The lowest BCUT2D eigenvalue weighted by Gasteiger charge is -2.18.